The van der Waals surface area contributed by atoms with Crippen molar-refractivity contribution >= 4 is 11.3 Å². The molecule has 0 N–H and O–H groups in total. The van der Waals surface area contributed by atoms with Crippen molar-refractivity contribution in [2.24, 2.45) is 0 Å². The highest BCUT2D eigenvalue weighted by Crippen LogP contribution is 2.29. The zero-order chi connectivity index (χ0) is 14.9. The van der Waals surface area contributed by atoms with E-state index < -0.39 is 0 Å². The van der Waals surface area contributed by atoms with Crippen LogP contribution in [0.1, 0.15) is 21.6 Å². The van der Waals surface area contributed by atoms with Gasteiger partial charge in [0.2, 0.25) is 17.5 Å². The lowest BCUT2D eigenvalue weighted by Gasteiger charge is -2.36. The number of nitrogens with zero attached hydrogens (tertiary/aromatic N) is 5. The van der Waals surface area contributed by atoms with E-state index in [-0.39, 0.29) is 0 Å². The average molecular weight is 313 g/mol. The fraction of sp³-hybridized carbons (Fsp3) is 0.333. The molecule has 1 aliphatic heterocycles. The van der Waals surface area contributed by atoms with E-state index in [1.54, 1.807) is 18.5 Å². The van der Waals surface area contributed by atoms with Crippen LogP contribution in [0.15, 0.2) is 35.1 Å². The Labute approximate surface area is 131 Å². The Bertz CT molecular complexity index is 763. The molecule has 0 radical (unpaired) electrons. The molecular formula is C15H15N5OS. The first-order valence-electron chi connectivity index (χ1n) is 7.16. The molecule has 0 amide bonds. The predicted octanol–water partition coefficient (Wildman–Crippen LogP) is 2.50. The second-order valence-corrected chi connectivity index (χ2v) is 6.80. The highest BCUT2D eigenvalue weighted by atomic mass is 32.1. The number of thiophene rings is 1. The Kier molecular flexibility index (Phi) is 3.44. The molecule has 0 saturated carbocycles. The Morgan fingerprint density at radius 3 is 2.77 bits per heavy atom. The van der Waals surface area contributed by atoms with Gasteiger partial charge in [0, 0.05) is 41.8 Å². The maximum absolute atomic E-state index is 5.36. The minimum atomic E-state index is 0.311. The number of hydrogen-bond donors (Lipinski definition) is 0. The monoisotopic (exact) mass is 313 g/mol. The summed E-state index contributed by atoms with van der Waals surface area (Å²) in [6.45, 7) is 5.04. The lowest BCUT2D eigenvalue weighted by molar-refractivity contribution is 0.118. The van der Waals surface area contributed by atoms with Crippen molar-refractivity contribution in [3.63, 3.8) is 0 Å². The molecule has 4 rings (SSSR count). The molecule has 3 aromatic rings. The van der Waals surface area contributed by atoms with E-state index in [9.17, 15) is 0 Å². The van der Waals surface area contributed by atoms with E-state index in [2.05, 4.69) is 44.1 Å². The first-order valence-corrected chi connectivity index (χ1v) is 7.98. The second-order valence-electron chi connectivity index (χ2n) is 5.43. The third-order valence-corrected chi connectivity index (χ3v) is 4.67. The van der Waals surface area contributed by atoms with Crippen molar-refractivity contribution in [1.29, 1.82) is 0 Å². The molecule has 0 bridgehead atoms. The molecular weight excluding hydrogens is 298 g/mol. The van der Waals surface area contributed by atoms with Crippen molar-refractivity contribution in [2.45, 2.75) is 19.4 Å². The summed E-state index contributed by atoms with van der Waals surface area (Å²) in [5.41, 5.74) is 0. The van der Waals surface area contributed by atoms with Crippen molar-refractivity contribution in [2.75, 3.05) is 13.1 Å². The summed E-state index contributed by atoms with van der Waals surface area (Å²) in [6.07, 6.45) is 3.35. The van der Waals surface area contributed by atoms with Crippen molar-refractivity contribution in [3.8, 4) is 11.6 Å². The Morgan fingerprint density at radius 2 is 2.05 bits per heavy atom. The van der Waals surface area contributed by atoms with E-state index in [1.807, 2.05) is 11.3 Å². The van der Waals surface area contributed by atoms with Crippen LogP contribution in [0.4, 0.5) is 0 Å². The average Bonchev–Trinajstić information content (AvgIpc) is 3.12. The van der Waals surface area contributed by atoms with Gasteiger partial charge in [-0.15, -0.1) is 11.3 Å². The van der Waals surface area contributed by atoms with E-state index >= 15 is 0 Å². The molecule has 6 nitrogen and oxygen atoms in total. The predicted molar refractivity (Wildman–Crippen MR) is 82.4 cm³/mol. The van der Waals surface area contributed by atoms with Gasteiger partial charge in [-0.3, -0.25) is 4.90 Å². The van der Waals surface area contributed by atoms with Crippen LogP contribution in [-0.2, 0) is 6.54 Å². The summed E-state index contributed by atoms with van der Waals surface area (Å²) in [4.78, 5) is 17.8. The van der Waals surface area contributed by atoms with Crippen LogP contribution in [0.5, 0.6) is 0 Å². The normalized spacial score (nSPS) is 15.9. The van der Waals surface area contributed by atoms with E-state index in [0.29, 0.717) is 23.5 Å². The lowest BCUT2D eigenvalue weighted by Crippen LogP contribution is -2.44. The van der Waals surface area contributed by atoms with Crippen LogP contribution in [0.2, 0.25) is 0 Å². The summed E-state index contributed by atoms with van der Waals surface area (Å²) in [7, 11) is 0. The molecule has 3 aromatic heterocycles. The molecule has 7 heteroatoms. The standard InChI is InChI=1S/C15H15N5OS/c1-10-3-4-12(22-10)9-20-7-11(8-20)15-18-14(19-21-15)13-16-5-2-6-17-13/h2-6,11H,7-9H2,1H3. The number of rotatable bonds is 4. The Hall–Kier alpha value is -2.12. The van der Waals surface area contributed by atoms with Crippen molar-refractivity contribution in [1.82, 2.24) is 25.0 Å². The van der Waals surface area contributed by atoms with Crippen molar-refractivity contribution in [3.05, 3.63) is 46.2 Å². The first kappa shape index (κ1) is 13.5. The molecule has 0 atom stereocenters. The van der Waals surface area contributed by atoms with Gasteiger partial charge < -0.3 is 4.52 Å². The Balaban J connectivity index is 1.38. The van der Waals surface area contributed by atoms with E-state index in [0.717, 1.165) is 19.6 Å². The van der Waals surface area contributed by atoms with Crippen LogP contribution in [-0.4, -0.2) is 38.1 Å². The van der Waals surface area contributed by atoms with Gasteiger partial charge >= 0.3 is 0 Å². The number of hydrogen-bond acceptors (Lipinski definition) is 7. The molecule has 22 heavy (non-hydrogen) atoms. The zero-order valence-electron chi connectivity index (χ0n) is 12.1. The SMILES string of the molecule is Cc1ccc(CN2CC(c3nc(-c4ncccn4)no3)C2)s1. The third-order valence-electron chi connectivity index (χ3n) is 3.69. The van der Waals surface area contributed by atoms with Crippen LogP contribution < -0.4 is 0 Å². The van der Waals surface area contributed by atoms with Gasteiger partial charge in [0.05, 0.1) is 5.92 Å². The Morgan fingerprint density at radius 1 is 1.23 bits per heavy atom. The summed E-state index contributed by atoms with van der Waals surface area (Å²) in [5.74, 6) is 1.96. The van der Waals surface area contributed by atoms with Gasteiger partial charge in [0.15, 0.2) is 0 Å². The van der Waals surface area contributed by atoms with Crippen LogP contribution in [0, 0.1) is 6.92 Å². The zero-order valence-corrected chi connectivity index (χ0v) is 13.0. The first-order chi connectivity index (χ1) is 10.8. The van der Waals surface area contributed by atoms with Gasteiger partial charge in [-0.2, -0.15) is 4.98 Å². The largest absolute Gasteiger partial charge is 0.338 e. The van der Waals surface area contributed by atoms with Crippen LogP contribution in [0.25, 0.3) is 11.6 Å². The van der Waals surface area contributed by atoms with Crippen molar-refractivity contribution < 1.29 is 4.52 Å². The fourth-order valence-electron chi connectivity index (χ4n) is 2.55. The highest BCUT2D eigenvalue weighted by Gasteiger charge is 2.32. The van der Waals surface area contributed by atoms with Gasteiger partial charge in [-0.1, -0.05) is 5.16 Å². The minimum Gasteiger partial charge on any atom is -0.338 e. The topological polar surface area (TPSA) is 67.9 Å². The molecule has 1 fully saturated rings. The summed E-state index contributed by atoms with van der Waals surface area (Å²) >= 11 is 1.85. The molecule has 1 aliphatic rings. The van der Waals surface area contributed by atoms with Gasteiger partial charge in [0.25, 0.3) is 0 Å². The lowest BCUT2D eigenvalue weighted by atomic mass is 10.0. The quantitative estimate of drug-likeness (QED) is 0.737. The maximum atomic E-state index is 5.36. The number of likely N-dealkylation sites (tertiary alicyclic amines) is 1. The fourth-order valence-corrected chi connectivity index (χ4v) is 3.48. The smallest absolute Gasteiger partial charge is 0.240 e. The third kappa shape index (κ3) is 2.65. The van der Waals surface area contributed by atoms with Crippen LogP contribution in [0.3, 0.4) is 0 Å². The molecule has 0 spiro atoms. The molecule has 112 valence electrons. The second kappa shape index (κ2) is 5.58. The molecule has 0 aromatic carbocycles. The summed E-state index contributed by atoms with van der Waals surface area (Å²) in [6, 6.07) is 6.13. The summed E-state index contributed by atoms with van der Waals surface area (Å²) in [5, 5.41) is 3.97. The van der Waals surface area contributed by atoms with Gasteiger partial charge in [-0.25, -0.2) is 9.97 Å². The van der Waals surface area contributed by atoms with E-state index in [4.69, 9.17) is 4.52 Å². The molecule has 0 aliphatic carbocycles. The van der Waals surface area contributed by atoms with Gasteiger partial charge in [-0.05, 0) is 25.1 Å². The molecule has 4 heterocycles. The van der Waals surface area contributed by atoms with Gasteiger partial charge in [0.1, 0.15) is 0 Å². The summed E-state index contributed by atoms with van der Waals surface area (Å²) < 4.78 is 5.36. The molecule has 0 unspecified atom stereocenters. The number of aryl methyl sites for hydroxylation is 1. The molecule has 1 saturated heterocycles. The van der Waals surface area contributed by atoms with Crippen LogP contribution >= 0.6 is 11.3 Å². The number of aromatic nitrogens is 4. The maximum Gasteiger partial charge on any atom is 0.240 e. The minimum absolute atomic E-state index is 0.311. The highest BCUT2D eigenvalue weighted by molar-refractivity contribution is 7.11. The van der Waals surface area contributed by atoms with E-state index in [1.165, 1.54) is 9.75 Å².